The van der Waals surface area contributed by atoms with E-state index in [-0.39, 0.29) is 5.82 Å². The van der Waals surface area contributed by atoms with Crippen LogP contribution in [0.25, 0.3) is 16.8 Å². The van der Waals surface area contributed by atoms with Crippen LogP contribution in [0.3, 0.4) is 0 Å². The van der Waals surface area contributed by atoms with E-state index in [4.69, 9.17) is 5.73 Å². The largest absolute Gasteiger partial charge is 0.369 e. The Morgan fingerprint density at radius 1 is 0.926 bits per heavy atom. The molecule has 0 radical (unpaired) electrons. The molecule has 2 amide bonds. The zero-order chi connectivity index (χ0) is 18.8. The van der Waals surface area contributed by atoms with Crippen molar-refractivity contribution in [3.8, 4) is 11.3 Å². The van der Waals surface area contributed by atoms with Gasteiger partial charge in [-0.25, -0.2) is 14.2 Å². The number of carbonyl (C=O) groups excluding carboxylic acids is 1. The average Bonchev–Trinajstić information content (AvgIpc) is 3.06. The summed E-state index contributed by atoms with van der Waals surface area (Å²) >= 11 is 0. The van der Waals surface area contributed by atoms with Gasteiger partial charge in [0.1, 0.15) is 5.82 Å². The summed E-state index contributed by atoms with van der Waals surface area (Å²) in [5, 5.41) is 5.39. The second-order valence-corrected chi connectivity index (χ2v) is 5.95. The molecule has 2 aromatic carbocycles. The van der Waals surface area contributed by atoms with Crippen molar-refractivity contribution in [3.05, 3.63) is 78.7 Å². The number of imidazole rings is 1. The van der Waals surface area contributed by atoms with Crippen LogP contribution in [0.4, 0.5) is 26.5 Å². The third-order valence-corrected chi connectivity index (χ3v) is 4.12. The van der Waals surface area contributed by atoms with Gasteiger partial charge in [0.25, 0.3) is 0 Å². The maximum atomic E-state index is 12.9. The number of hydrogen-bond acceptors (Lipinski definition) is 3. The first-order valence-electron chi connectivity index (χ1n) is 8.26. The van der Waals surface area contributed by atoms with Crippen LogP contribution >= 0.6 is 0 Å². The van der Waals surface area contributed by atoms with Gasteiger partial charge in [-0.2, -0.15) is 0 Å². The number of pyridine rings is 1. The van der Waals surface area contributed by atoms with Crippen LogP contribution in [-0.2, 0) is 0 Å². The van der Waals surface area contributed by atoms with Gasteiger partial charge in [0.15, 0.2) is 0 Å². The van der Waals surface area contributed by atoms with Crippen LogP contribution in [0.5, 0.6) is 0 Å². The van der Waals surface area contributed by atoms with Gasteiger partial charge in [-0.15, -0.1) is 0 Å². The quantitative estimate of drug-likeness (QED) is 0.507. The molecule has 7 heteroatoms. The Kier molecular flexibility index (Phi) is 4.18. The summed E-state index contributed by atoms with van der Waals surface area (Å²) in [4.78, 5) is 16.2. The molecule has 4 aromatic rings. The molecule has 0 aliphatic rings. The molecule has 134 valence electrons. The van der Waals surface area contributed by atoms with E-state index in [0.29, 0.717) is 17.3 Å². The summed E-state index contributed by atoms with van der Waals surface area (Å²) in [6.45, 7) is 0. The van der Waals surface area contributed by atoms with Crippen LogP contribution in [0.1, 0.15) is 0 Å². The Morgan fingerprint density at radius 3 is 2.22 bits per heavy atom. The molecule has 0 saturated heterocycles. The van der Waals surface area contributed by atoms with Crippen LogP contribution in [0.2, 0.25) is 0 Å². The predicted molar refractivity (Wildman–Crippen MR) is 104 cm³/mol. The number of nitrogens with one attached hydrogen (secondary N) is 2. The van der Waals surface area contributed by atoms with Crippen LogP contribution in [-0.4, -0.2) is 15.4 Å². The van der Waals surface area contributed by atoms with Gasteiger partial charge in [0.2, 0.25) is 5.95 Å². The fourth-order valence-electron chi connectivity index (χ4n) is 2.85. The normalized spacial score (nSPS) is 10.7. The van der Waals surface area contributed by atoms with E-state index in [9.17, 15) is 9.18 Å². The summed E-state index contributed by atoms with van der Waals surface area (Å²) < 4.78 is 14.8. The van der Waals surface area contributed by atoms with Crippen molar-refractivity contribution in [1.82, 2.24) is 9.38 Å². The second kappa shape index (κ2) is 6.80. The maximum absolute atomic E-state index is 12.9. The van der Waals surface area contributed by atoms with Crippen molar-refractivity contribution in [2.24, 2.45) is 0 Å². The summed E-state index contributed by atoms with van der Waals surface area (Å²) in [7, 11) is 0. The lowest BCUT2D eigenvalue weighted by Gasteiger charge is -2.10. The number of aromatic nitrogens is 2. The lowest BCUT2D eigenvalue weighted by molar-refractivity contribution is 0.262. The van der Waals surface area contributed by atoms with E-state index in [0.717, 1.165) is 16.8 Å². The molecule has 2 heterocycles. The molecule has 4 rings (SSSR count). The zero-order valence-corrected chi connectivity index (χ0v) is 14.2. The molecule has 0 atom stereocenters. The molecule has 2 aromatic heterocycles. The van der Waals surface area contributed by atoms with Crippen LogP contribution in [0.15, 0.2) is 72.9 Å². The summed E-state index contributed by atoms with van der Waals surface area (Å²) in [5.74, 6) is 0.0616. The van der Waals surface area contributed by atoms with Gasteiger partial charge >= 0.3 is 6.03 Å². The lowest BCUT2D eigenvalue weighted by atomic mass is 10.1. The number of hydrogen-bond donors (Lipinski definition) is 3. The van der Waals surface area contributed by atoms with Crippen molar-refractivity contribution in [2.75, 3.05) is 16.4 Å². The highest BCUT2D eigenvalue weighted by atomic mass is 19.1. The highest BCUT2D eigenvalue weighted by Gasteiger charge is 2.08. The highest BCUT2D eigenvalue weighted by molar-refractivity contribution is 5.99. The molecule has 0 saturated carbocycles. The molecule has 6 nitrogen and oxygen atoms in total. The third-order valence-electron chi connectivity index (χ3n) is 4.12. The fourth-order valence-corrected chi connectivity index (χ4v) is 2.85. The van der Waals surface area contributed by atoms with Crippen LogP contribution in [0, 0.1) is 5.82 Å². The number of carbonyl (C=O) groups is 1. The molecule has 0 fully saturated rings. The Balaban J connectivity index is 1.51. The highest BCUT2D eigenvalue weighted by Crippen LogP contribution is 2.24. The number of fused-ring (bicyclic) bond motifs is 1. The van der Waals surface area contributed by atoms with E-state index in [1.54, 1.807) is 18.3 Å². The molecule has 0 aliphatic carbocycles. The minimum atomic E-state index is -0.407. The number of benzene rings is 2. The maximum Gasteiger partial charge on any atom is 0.323 e. The summed E-state index contributed by atoms with van der Waals surface area (Å²) in [5.41, 5.74) is 9.85. The molecular formula is C20H16FN5O. The molecule has 0 spiro atoms. The van der Waals surface area contributed by atoms with Gasteiger partial charge in [0, 0.05) is 11.4 Å². The first-order valence-corrected chi connectivity index (χ1v) is 8.26. The number of nitrogens with zero attached hydrogens (tertiary/aromatic N) is 2. The number of nitrogens with two attached hydrogens (primary N) is 1. The van der Waals surface area contributed by atoms with Gasteiger partial charge in [-0.3, -0.25) is 4.40 Å². The van der Waals surface area contributed by atoms with Crippen molar-refractivity contribution in [3.63, 3.8) is 0 Å². The number of amides is 2. The lowest BCUT2D eigenvalue weighted by Crippen LogP contribution is -2.19. The molecular weight excluding hydrogens is 345 g/mol. The Labute approximate surface area is 154 Å². The van der Waals surface area contributed by atoms with E-state index in [2.05, 4.69) is 15.6 Å². The molecule has 27 heavy (non-hydrogen) atoms. The second-order valence-electron chi connectivity index (χ2n) is 5.95. The number of anilines is 3. The topological polar surface area (TPSA) is 84.4 Å². The van der Waals surface area contributed by atoms with Gasteiger partial charge in [-0.1, -0.05) is 18.2 Å². The zero-order valence-electron chi connectivity index (χ0n) is 14.2. The standard InChI is InChI=1S/C20H16FN5O/c21-14-6-10-16(11-7-14)25-20(27)24-15-8-4-13(5-9-15)18-3-1-2-17-12-23-19(22)26(17)18/h1-12H,(H2,22,23)(H2,24,25,27). The Bertz CT molecular complexity index is 1100. The third kappa shape index (κ3) is 3.43. The fraction of sp³-hybridized carbons (Fsp3) is 0. The predicted octanol–water partition coefficient (Wildman–Crippen LogP) is 4.37. The minimum Gasteiger partial charge on any atom is -0.369 e. The Hall–Kier alpha value is -3.87. The first-order chi connectivity index (χ1) is 13.1. The molecule has 0 aliphatic heterocycles. The van der Waals surface area contributed by atoms with Crippen molar-refractivity contribution in [1.29, 1.82) is 0 Å². The molecule has 4 N–H and O–H groups in total. The Morgan fingerprint density at radius 2 is 1.56 bits per heavy atom. The first kappa shape index (κ1) is 16.6. The smallest absolute Gasteiger partial charge is 0.323 e. The van der Waals surface area contributed by atoms with Crippen molar-refractivity contribution >= 4 is 28.9 Å². The van der Waals surface area contributed by atoms with E-state index < -0.39 is 6.03 Å². The van der Waals surface area contributed by atoms with Crippen molar-refractivity contribution < 1.29 is 9.18 Å². The number of halogens is 1. The number of urea groups is 1. The number of rotatable bonds is 3. The number of nitrogen functional groups attached to an aromatic ring is 1. The van der Waals surface area contributed by atoms with Gasteiger partial charge in [0.05, 0.1) is 17.4 Å². The van der Waals surface area contributed by atoms with E-state index in [1.165, 1.54) is 24.3 Å². The monoisotopic (exact) mass is 361 g/mol. The summed E-state index contributed by atoms with van der Waals surface area (Å²) in [6, 6.07) is 18.4. The summed E-state index contributed by atoms with van der Waals surface area (Å²) in [6.07, 6.45) is 1.72. The van der Waals surface area contributed by atoms with Gasteiger partial charge < -0.3 is 16.4 Å². The van der Waals surface area contributed by atoms with E-state index in [1.807, 2.05) is 34.7 Å². The van der Waals surface area contributed by atoms with Crippen LogP contribution < -0.4 is 16.4 Å². The SMILES string of the molecule is Nc1ncc2cccc(-c3ccc(NC(=O)Nc4ccc(F)cc4)cc3)n12. The van der Waals surface area contributed by atoms with Gasteiger partial charge in [-0.05, 0) is 54.1 Å². The minimum absolute atomic E-state index is 0.356. The van der Waals surface area contributed by atoms with E-state index >= 15 is 0 Å². The van der Waals surface area contributed by atoms with Crippen molar-refractivity contribution in [2.45, 2.75) is 0 Å². The molecule has 0 bridgehead atoms. The molecule has 0 unspecified atom stereocenters. The average molecular weight is 361 g/mol.